The lowest BCUT2D eigenvalue weighted by atomic mass is 10.0. The van der Waals surface area contributed by atoms with Gasteiger partial charge in [-0.05, 0) is 37.6 Å². The molecule has 0 atom stereocenters. The number of rotatable bonds is 3. The molecule has 2 aromatic rings. The largest absolute Gasteiger partial charge is 0.491 e. The van der Waals surface area contributed by atoms with Gasteiger partial charge in [-0.2, -0.15) is 5.26 Å². The van der Waals surface area contributed by atoms with Crippen LogP contribution in [0.15, 0.2) is 42.7 Å². The van der Waals surface area contributed by atoms with Crippen molar-refractivity contribution in [2.45, 2.75) is 20.0 Å². The van der Waals surface area contributed by atoms with E-state index in [4.69, 9.17) is 10.00 Å². The number of aromatic nitrogens is 1. The molecule has 0 radical (unpaired) electrons. The standard InChI is InChI=1S/C15H14N2O/c1-11(2)18-14-5-3-12(4-6-14)15-7-8-17-10-13(15)9-16/h3-8,10-11H,1-2H3. The van der Waals surface area contributed by atoms with Gasteiger partial charge >= 0.3 is 0 Å². The Morgan fingerprint density at radius 3 is 2.50 bits per heavy atom. The van der Waals surface area contributed by atoms with Gasteiger partial charge in [0.2, 0.25) is 0 Å². The zero-order valence-electron chi connectivity index (χ0n) is 10.4. The molecule has 0 saturated carbocycles. The monoisotopic (exact) mass is 238 g/mol. The van der Waals surface area contributed by atoms with Crippen LogP contribution in [0.3, 0.4) is 0 Å². The molecular weight excluding hydrogens is 224 g/mol. The highest BCUT2D eigenvalue weighted by atomic mass is 16.5. The fraction of sp³-hybridized carbons (Fsp3) is 0.200. The minimum atomic E-state index is 0.159. The van der Waals surface area contributed by atoms with Gasteiger partial charge in [0.1, 0.15) is 11.8 Å². The van der Waals surface area contributed by atoms with E-state index in [0.717, 1.165) is 16.9 Å². The van der Waals surface area contributed by atoms with Gasteiger partial charge in [-0.3, -0.25) is 4.98 Å². The molecule has 0 saturated heterocycles. The van der Waals surface area contributed by atoms with Gasteiger partial charge in [0.25, 0.3) is 0 Å². The normalized spacial score (nSPS) is 10.1. The minimum Gasteiger partial charge on any atom is -0.491 e. The second kappa shape index (κ2) is 5.33. The second-order valence-corrected chi connectivity index (χ2v) is 4.22. The lowest BCUT2D eigenvalue weighted by Crippen LogP contribution is -2.05. The Kier molecular flexibility index (Phi) is 3.59. The van der Waals surface area contributed by atoms with E-state index >= 15 is 0 Å². The Bertz CT molecular complexity index is 568. The van der Waals surface area contributed by atoms with Crippen molar-refractivity contribution in [2.75, 3.05) is 0 Å². The molecule has 2 rings (SSSR count). The minimum absolute atomic E-state index is 0.159. The number of ether oxygens (including phenoxy) is 1. The number of nitriles is 1. The van der Waals surface area contributed by atoms with Crippen LogP contribution in [0.1, 0.15) is 19.4 Å². The van der Waals surface area contributed by atoms with E-state index < -0.39 is 0 Å². The molecule has 3 nitrogen and oxygen atoms in total. The Balaban J connectivity index is 2.32. The molecule has 0 aliphatic rings. The zero-order chi connectivity index (χ0) is 13.0. The second-order valence-electron chi connectivity index (χ2n) is 4.22. The summed E-state index contributed by atoms with van der Waals surface area (Å²) in [5.74, 6) is 0.835. The maximum atomic E-state index is 9.04. The van der Waals surface area contributed by atoms with Crippen molar-refractivity contribution >= 4 is 0 Å². The van der Waals surface area contributed by atoms with Gasteiger partial charge in [-0.1, -0.05) is 12.1 Å². The molecule has 0 aliphatic carbocycles. The Labute approximate surface area is 107 Å². The first-order valence-electron chi connectivity index (χ1n) is 5.82. The molecule has 90 valence electrons. The van der Waals surface area contributed by atoms with Crippen LogP contribution in [-0.2, 0) is 0 Å². The number of nitrogens with zero attached hydrogens (tertiary/aromatic N) is 2. The molecule has 3 heteroatoms. The van der Waals surface area contributed by atoms with Crippen LogP contribution in [0.4, 0.5) is 0 Å². The maximum absolute atomic E-state index is 9.04. The van der Waals surface area contributed by atoms with E-state index in [1.54, 1.807) is 12.4 Å². The van der Waals surface area contributed by atoms with Crippen molar-refractivity contribution in [1.82, 2.24) is 4.98 Å². The van der Waals surface area contributed by atoms with Crippen molar-refractivity contribution < 1.29 is 4.74 Å². The molecule has 0 aliphatic heterocycles. The molecule has 1 aromatic carbocycles. The number of hydrogen-bond donors (Lipinski definition) is 0. The maximum Gasteiger partial charge on any atom is 0.119 e. The third kappa shape index (κ3) is 2.67. The van der Waals surface area contributed by atoms with Gasteiger partial charge in [-0.15, -0.1) is 0 Å². The average Bonchev–Trinajstić information content (AvgIpc) is 2.39. The van der Waals surface area contributed by atoms with E-state index in [1.165, 1.54) is 0 Å². The van der Waals surface area contributed by atoms with Crippen LogP contribution in [-0.4, -0.2) is 11.1 Å². The molecule has 18 heavy (non-hydrogen) atoms. The van der Waals surface area contributed by atoms with Crippen LogP contribution in [0.5, 0.6) is 5.75 Å². The zero-order valence-corrected chi connectivity index (χ0v) is 10.4. The summed E-state index contributed by atoms with van der Waals surface area (Å²) >= 11 is 0. The van der Waals surface area contributed by atoms with E-state index in [0.29, 0.717) is 5.56 Å². The molecule has 0 unspecified atom stereocenters. The Morgan fingerprint density at radius 2 is 1.89 bits per heavy atom. The summed E-state index contributed by atoms with van der Waals surface area (Å²) in [5.41, 5.74) is 2.46. The van der Waals surface area contributed by atoms with Gasteiger partial charge in [-0.25, -0.2) is 0 Å². The molecule has 0 spiro atoms. The molecule has 0 N–H and O–H groups in total. The van der Waals surface area contributed by atoms with Crippen molar-refractivity contribution in [2.24, 2.45) is 0 Å². The predicted molar refractivity (Wildman–Crippen MR) is 70.2 cm³/mol. The predicted octanol–water partition coefficient (Wildman–Crippen LogP) is 3.41. The highest BCUT2D eigenvalue weighted by Gasteiger charge is 2.05. The van der Waals surface area contributed by atoms with E-state index in [1.807, 2.05) is 44.2 Å². The van der Waals surface area contributed by atoms with Crippen LogP contribution in [0.2, 0.25) is 0 Å². The van der Waals surface area contributed by atoms with Crippen molar-refractivity contribution in [1.29, 1.82) is 5.26 Å². The number of hydrogen-bond acceptors (Lipinski definition) is 3. The summed E-state index contributed by atoms with van der Waals surface area (Å²) in [6.45, 7) is 3.98. The SMILES string of the molecule is CC(C)Oc1ccc(-c2ccncc2C#N)cc1. The molecule has 1 aromatic heterocycles. The average molecular weight is 238 g/mol. The number of pyridine rings is 1. The lowest BCUT2D eigenvalue weighted by molar-refractivity contribution is 0.242. The summed E-state index contributed by atoms with van der Waals surface area (Å²) in [5, 5.41) is 9.04. The summed E-state index contributed by atoms with van der Waals surface area (Å²) in [7, 11) is 0. The van der Waals surface area contributed by atoms with Crippen LogP contribution >= 0.6 is 0 Å². The van der Waals surface area contributed by atoms with Crippen molar-refractivity contribution in [3.05, 3.63) is 48.3 Å². The van der Waals surface area contributed by atoms with Crippen LogP contribution < -0.4 is 4.74 Å². The van der Waals surface area contributed by atoms with E-state index in [2.05, 4.69) is 11.1 Å². The van der Waals surface area contributed by atoms with E-state index in [9.17, 15) is 0 Å². The smallest absolute Gasteiger partial charge is 0.119 e. The van der Waals surface area contributed by atoms with Crippen molar-refractivity contribution in [3.63, 3.8) is 0 Å². The lowest BCUT2D eigenvalue weighted by Gasteiger charge is -2.10. The highest BCUT2D eigenvalue weighted by molar-refractivity contribution is 5.70. The van der Waals surface area contributed by atoms with E-state index in [-0.39, 0.29) is 6.10 Å². The van der Waals surface area contributed by atoms with Crippen LogP contribution in [0.25, 0.3) is 11.1 Å². The van der Waals surface area contributed by atoms with Gasteiger partial charge in [0, 0.05) is 18.0 Å². The third-order valence-electron chi connectivity index (χ3n) is 2.48. The summed E-state index contributed by atoms with van der Waals surface area (Å²) in [4.78, 5) is 3.95. The fourth-order valence-electron chi connectivity index (χ4n) is 1.72. The molecule has 0 amide bonds. The van der Waals surface area contributed by atoms with Gasteiger partial charge in [0.15, 0.2) is 0 Å². The van der Waals surface area contributed by atoms with Crippen molar-refractivity contribution in [3.8, 4) is 22.9 Å². The first-order valence-corrected chi connectivity index (χ1v) is 5.82. The molecule has 1 heterocycles. The van der Waals surface area contributed by atoms with Gasteiger partial charge in [0.05, 0.1) is 11.7 Å². The fourth-order valence-corrected chi connectivity index (χ4v) is 1.72. The van der Waals surface area contributed by atoms with Gasteiger partial charge < -0.3 is 4.74 Å². The summed E-state index contributed by atoms with van der Waals surface area (Å²) < 4.78 is 5.58. The van der Waals surface area contributed by atoms with Crippen LogP contribution in [0, 0.1) is 11.3 Å². The molecule has 0 fully saturated rings. The first-order chi connectivity index (χ1) is 8.70. The first kappa shape index (κ1) is 12.1. The molecule has 0 bridgehead atoms. The molecular formula is C15H14N2O. The number of benzene rings is 1. The topological polar surface area (TPSA) is 45.9 Å². The summed E-state index contributed by atoms with van der Waals surface area (Å²) in [6.07, 6.45) is 3.43. The summed E-state index contributed by atoms with van der Waals surface area (Å²) in [6, 6.07) is 11.7. The third-order valence-corrected chi connectivity index (χ3v) is 2.48. The Morgan fingerprint density at radius 1 is 1.17 bits per heavy atom. The quantitative estimate of drug-likeness (QED) is 0.823. The highest BCUT2D eigenvalue weighted by Crippen LogP contribution is 2.25. The Hall–Kier alpha value is -2.34.